The molecule has 0 radical (unpaired) electrons. The number of carbonyl (C=O) groups is 2. The lowest BCUT2D eigenvalue weighted by atomic mass is 9.46. The third kappa shape index (κ3) is 3.58. The van der Waals surface area contributed by atoms with E-state index in [-0.39, 0.29) is 47.4 Å². The monoisotopic (exact) mass is 521 g/mol. The zero-order chi connectivity index (χ0) is 26.9. The number of anilines is 1. The number of ketones is 2. The van der Waals surface area contributed by atoms with E-state index >= 15 is 0 Å². The molecule has 1 aromatic carbocycles. The standard InChI is InChI=1S/C31H39NO6/c1-4-5-27-37-26-15-23-22-11-6-18-14-20(33)12-13-29(18,2)28(22)24(34)16-30(23,3)31(26,38-27)25(35)17-36-21-9-7-19(32)8-10-21/h7-10,12-14,22-24,26-28,34H,4-6,11,15-17,32H2,1-3H3/t22?,23?,24-,26+,27+,28?,29-,30-,31+/m0/s1. The summed E-state index contributed by atoms with van der Waals surface area (Å²) >= 11 is 0. The van der Waals surface area contributed by atoms with Gasteiger partial charge in [-0.25, -0.2) is 0 Å². The van der Waals surface area contributed by atoms with Gasteiger partial charge in [-0.1, -0.05) is 38.8 Å². The Morgan fingerprint density at radius 3 is 2.74 bits per heavy atom. The molecule has 0 aromatic heterocycles. The Hall–Kier alpha value is -2.48. The third-order valence-electron chi connectivity index (χ3n) is 10.5. The molecule has 0 spiro atoms. The van der Waals surface area contributed by atoms with Gasteiger partial charge in [0.15, 0.2) is 17.7 Å². The minimum absolute atomic E-state index is 0.0200. The first kappa shape index (κ1) is 25.8. The predicted molar refractivity (Wildman–Crippen MR) is 142 cm³/mol. The Kier molecular flexibility index (Phi) is 6.13. The van der Waals surface area contributed by atoms with Crippen LogP contribution in [0.3, 0.4) is 0 Å². The predicted octanol–water partition coefficient (Wildman–Crippen LogP) is 4.39. The maximum absolute atomic E-state index is 14.2. The smallest absolute Gasteiger partial charge is 0.205 e. The van der Waals surface area contributed by atoms with Crippen molar-refractivity contribution in [1.29, 1.82) is 0 Å². The number of rotatable bonds is 6. The van der Waals surface area contributed by atoms with Crippen LogP contribution < -0.4 is 10.5 Å². The van der Waals surface area contributed by atoms with Crippen molar-refractivity contribution >= 4 is 17.3 Å². The van der Waals surface area contributed by atoms with E-state index in [0.717, 1.165) is 31.3 Å². The number of Topliss-reactive ketones (excluding diaryl/α,β-unsaturated/α-hetero) is 1. The van der Waals surface area contributed by atoms with Crippen molar-refractivity contribution in [3.63, 3.8) is 0 Å². The first-order valence-electron chi connectivity index (χ1n) is 14.1. The summed E-state index contributed by atoms with van der Waals surface area (Å²) in [5.74, 6) is 0.789. The average Bonchev–Trinajstić information content (AvgIpc) is 3.36. The van der Waals surface area contributed by atoms with Gasteiger partial charge in [0, 0.05) is 22.4 Å². The largest absolute Gasteiger partial charge is 0.486 e. The molecule has 38 heavy (non-hydrogen) atoms. The summed E-state index contributed by atoms with van der Waals surface area (Å²) in [5.41, 5.74) is 5.41. The molecule has 3 N–H and O–H groups in total. The quantitative estimate of drug-likeness (QED) is 0.535. The number of aliphatic hydroxyl groups excluding tert-OH is 1. The second-order valence-electron chi connectivity index (χ2n) is 12.4. The van der Waals surface area contributed by atoms with E-state index < -0.39 is 23.4 Å². The van der Waals surface area contributed by atoms with Gasteiger partial charge < -0.3 is 25.1 Å². The second kappa shape index (κ2) is 9.04. The van der Waals surface area contributed by atoms with Gasteiger partial charge in [-0.05, 0) is 80.4 Å². The molecule has 1 heterocycles. The number of carbonyl (C=O) groups excluding carboxylic acids is 2. The molecule has 7 heteroatoms. The molecule has 3 saturated carbocycles. The van der Waals surface area contributed by atoms with Gasteiger partial charge in [0.1, 0.15) is 12.4 Å². The van der Waals surface area contributed by atoms with E-state index in [1.165, 1.54) is 0 Å². The fourth-order valence-electron chi connectivity index (χ4n) is 8.83. The lowest BCUT2D eigenvalue weighted by Crippen LogP contribution is -2.63. The number of hydrogen-bond acceptors (Lipinski definition) is 7. The second-order valence-corrected chi connectivity index (χ2v) is 12.4. The molecule has 0 amide bonds. The minimum Gasteiger partial charge on any atom is -0.486 e. The van der Waals surface area contributed by atoms with E-state index in [2.05, 4.69) is 20.8 Å². The van der Waals surface area contributed by atoms with Crippen LogP contribution in [0, 0.1) is 28.6 Å². The van der Waals surface area contributed by atoms with Crippen molar-refractivity contribution in [3.8, 4) is 5.75 Å². The van der Waals surface area contributed by atoms with Crippen LogP contribution in [-0.2, 0) is 19.1 Å². The van der Waals surface area contributed by atoms with Crippen LogP contribution in [0.5, 0.6) is 5.75 Å². The molecule has 5 aliphatic rings. The summed E-state index contributed by atoms with van der Waals surface area (Å²) in [7, 11) is 0. The highest BCUT2D eigenvalue weighted by Crippen LogP contribution is 2.69. The number of hydrogen-bond donors (Lipinski definition) is 2. The van der Waals surface area contributed by atoms with Gasteiger partial charge in [-0.15, -0.1) is 0 Å². The minimum atomic E-state index is -1.17. The highest BCUT2D eigenvalue weighted by atomic mass is 16.7. The van der Waals surface area contributed by atoms with Gasteiger partial charge in [-0.2, -0.15) is 0 Å². The molecule has 7 nitrogen and oxygen atoms in total. The molecular weight excluding hydrogens is 482 g/mol. The number of fused-ring (bicyclic) bond motifs is 7. The summed E-state index contributed by atoms with van der Waals surface area (Å²) in [6.07, 6.45) is 8.42. The van der Waals surface area contributed by atoms with E-state index in [1.807, 2.05) is 6.08 Å². The van der Waals surface area contributed by atoms with Gasteiger partial charge >= 0.3 is 0 Å². The Morgan fingerprint density at radius 2 is 2.00 bits per heavy atom. The SMILES string of the molecule is CCC[C@@H]1O[C@@H]2CC3C4CCC5=CC(=O)C=C[C@]5(C)C4[C@@H](O)C[C@]3(C)[C@]2(C(=O)COc2ccc(N)cc2)O1. The van der Waals surface area contributed by atoms with Crippen LogP contribution in [0.15, 0.2) is 48.1 Å². The van der Waals surface area contributed by atoms with Crippen LogP contribution >= 0.6 is 0 Å². The maximum atomic E-state index is 14.2. The molecule has 4 aliphatic carbocycles. The summed E-state index contributed by atoms with van der Waals surface area (Å²) < 4.78 is 19.1. The van der Waals surface area contributed by atoms with E-state index in [4.69, 9.17) is 19.9 Å². The molecule has 0 bridgehead atoms. The molecular formula is C31H39NO6. The van der Waals surface area contributed by atoms with Crippen LogP contribution in [0.1, 0.15) is 59.3 Å². The van der Waals surface area contributed by atoms with E-state index in [9.17, 15) is 14.7 Å². The van der Waals surface area contributed by atoms with E-state index in [1.54, 1.807) is 36.4 Å². The first-order chi connectivity index (χ1) is 18.1. The highest BCUT2D eigenvalue weighted by Gasteiger charge is 2.75. The zero-order valence-corrected chi connectivity index (χ0v) is 22.5. The molecule has 6 rings (SSSR count). The summed E-state index contributed by atoms with van der Waals surface area (Å²) in [4.78, 5) is 26.3. The summed E-state index contributed by atoms with van der Waals surface area (Å²) in [6, 6.07) is 7.01. The molecule has 4 fully saturated rings. The zero-order valence-electron chi connectivity index (χ0n) is 22.5. The Labute approximate surface area is 224 Å². The topological polar surface area (TPSA) is 108 Å². The highest BCUT2D eigenvalue weighted by molar-refractivity contribution is 6.01. The van der Waals surface area contributed by atoms with Gasteiger partial charge in [-0.3, -0.25) is 9.59 Å². The Balaban J connectivity index is 1.34. The molecule has 1 saturated heterocycles. The average molecular weight is 522 g/mol. The molecule has 1 aliphatic heterocycles. The van der Waals surface area contributed by atoms with Crippen molar-refractivity contribution in [3.05, 3.63) is 48.1 Å². The lowest BCUT2D eigenvalue weighted by Gasteiger charge is -2.59. The maximum Gasteiger partial charge on any atom is 0.205 e. The fraction of sp³-hybridized carbons (Fsp3) is 0.613. The molecule has 3 unspecified atom stereocenters. The Morgan fingerprint density at radius 1 is 1.24 bits per heavy atom. The van der Waals surface area contributed by atoms with Crippen molar-refractivity contribution in [1.82, 2.24) is 0 Å². The molecule has 204 valence electrons. The van der Waals surface area contributed by atoms with Crippen molar-refractivity contribution < 1.29 is 28.9 Å². The van der Waals surface area contributed by atoms with E-state index in [0.29, 0.717) is 24.3 Å². The van der Waals surface area contributed by atoms with Gasteiger partial charge in [0.05, 0.1) is 12.2 Å². The number of benzene rings is 1. The molecule has 9 atom stereocenters. The van der Waals surface area contributed by atoms with Crippen LogP contribution in [-0.4, -0.2) is 47.4 Å². The van der Waals surface area contributed by atoms with Crippen LogP contribution in [0.25, 0.3) is 0 Å². The third-order valence-corrected chi connectivity index (χ3v) is 10.5. The Bertz CT molecular complexity index is 1190. The van der Waals surface area contributed by atoms with Crippen LogP contribution in [0.2, 0.25) is 0 Å². The first-order valence-corrected chi connectivity index (χ1v) is 14.1. The van der Waals surface area contributed by atoms with Gasteiger partial charge in [0.2, 0.25) is 5.78 Å². The number of allylic oxidation sites excluding steroid dienone is 4. The number of nitrogens with two attached hydrogens (primary N) is 1. The summed E-state index contributed by atoms with van der Waals surface area (Å²) in [5, 5.41) is 11.8. The van der Waals surface area contributed by atoms with Crippen LogP contribution in [0.4, 0.5) is 5.69 Å². The van der Waals surface area contributed by atoms with Gasteiger partial charge in [0.25, 0.3) is 0 Å². The number of ether oxygens (including phenoxy) is 3. The fourth-order valence-corrected chi connectivity index (χ4v) is 8.83. The number of nitrogen functional groups attached to an aromatic ring is 1. The molecule has 1 aromatic rings. The van der Waals surface area contributed by atoms with Crippen molar-refractivity contribution in [2.45, 2.75) is 83.4 Å². The lowest BCUT2D eigenvalue weighted by molar-refractivity contribution is -0.200. The summed E-state index contributed by atoms with van der Waals surface area (Å²) in [6.45, 7) is 6.23. The van der Waals surface area contributed by atoms with Crippen molar-refractivity contribution in [2.75, 3.05) is 12.3 Å². The van der Waals surface area contributed by atoms with Crippen molar-refractivity contribution in [2.24, 2.45) is 28.6 Å². The number of aliphatic hydroxyl groups is 1. The normalized spacial score (nSPS) is 43.1.